The summed E-state index contributed by atoms with van der Waals surface area (Å²) < 4.78 is 0. The lowest BCUT2D eigenvalue weighted by molar-refractivity contribution is -0.114. The number of fused-ring (bicyclic) bond motifs is 2. The van der Waals surface area contributed by atoms with E-state index in [0.717, 1.165) is 17.8 Å². The number of amides is 1. The molecule has 0 saturated heterocycles. The van der Waals surface area contributed by atoms with Crippen LogP contribution >= 0.6 is 0 Å². The zero-order valence-electron chi connectivity index (χ0n) is 13.5. The highest BCUT2D eigenvalue weighted by molar-refractivity contribution is 5.89. The number of carbonyl (C=O) groups is 1. The summed E-state index contributed by atoms with van der Waals surface area (Å²) in [7, 11) is 0. The predicted molar refractivity (Wildman–Crippen MR) is 98.2 cm³/mol. The zero-order valence-corrected chi connectivity index (χ0v) is 13.5. The van der Waals surface area contributed by atoms with Crippen LogP contribution in [0.5, 0.6) is 0 Å². The standard InChI is InChI=1S/C21H18N2O/c1-15(24)22-18-10-12-19(13-11-18)23-20-8-4-2-6-16(20)14-17-7-3-5-9-21(17)23/h2-13H,14H2,1H3,(H,22,24). The fourth-order valence-electron chi connectivity index (χ4n) is 3.27. The van der Waals surface area contributed by atoms with Crippen LogP contribution < -0.4 is 10.2 Å². The van der Waals surface area contributed by atoms with Crippen LogP contribution in [0.15, 0.2) is 72.8 Å². The molecule has 3 aromatic carbocycles. The molecule has 0 spiro atoms. The lowest BCUT2D eigenvalue weighted by Crippen LogP contribution is -2.18. The normalized spacial score (nSPS) is 12.3. The molecule has 0 radical (unpaired) electrons. The lowest BCUT2D eigenvalue weighted by Gasteiger charge is -2.33. The first-order chi connectivity index (χ1) is 11.7. The number of carbonyl (C=O) groups excluding carboxylic acids is 1. The van der Waals surface area contributed by atoms with Gasteiger partial charge in [0.25, 0.3) is 0 Å². The molecule has 1 heterocycles. The van der Waals surface area contributed by atoms with Gasteiger partial charge in [-0.1, -0.05) is 36.4 Å². The van der Waals surface area contributed by atoms with E-state index in [2.05, 4.69) is 58.7 Å². The van der Waals surface area contributed by atoms with Crippen LogP contribution in [-0.4, -0.2) is 5.91 Å². The van der Waals surface area contributed by atoms with Gasteiger partial charge in [0.05, 0.1) is 0 Å². The minimum absolute atomic E-state index is 0.0589. The molecule has 0 bridgehead atoms. The molecule has 1 aliphatic heterocycles. The van der Waals surface area contributed by atoms with Gasteiger partial charge in [-0.25, -0.2) is 0 Å². The molecule has 1 N–H and O–H groups in total. The minimum atomic E-state index is -0.0589. The van der Waals surface area contributed by atoms with Gasteiger partial charge in [0.15, 0.2) is 0 Å². The molecule has 1 aliphatic rings. The second-order valence-corrected chi connectivity index (χ2v) is 6.00. The molecule has 0 unspecified atom stereocenters. The average molecular weight is 314 g/mol. The van der Waals surface area contributed by atoms with Crippen molar-refractivity contribution in [2.24, 2.45) is 0 Å². The quantitative estimate of drug-likeness (QED) is 0.563. The summed E-state index contributed by atoms with van der Waals surface area (Å²) in [5.41, 5.74) is 6.96. The average Bonchev–Trinajstić information content (AvgIpc) is 2.60. The third-order valence-electron chi connectivity index (χ3n) is 4.29. The van der Waals surface area contributed by atoms with E-state index < -0.39 is 0 Å². The van der Waals surface area contributed by atoms with Gasteiger partial charge in [0.1, 0.15) is 0 Å². The number of nitrogens with one attached hydrogen (secondary N) is 1. The van der Waals surface area contributed by atoms with E-state index in [-0.39, 0.29) is 5.91 Å². The van der Waals surface area contributed by atoms with Gasteiger partial charge >= 0.3 is 0 Å². The molecule has 0 aliphatic carbocycles. The summed E-state index contributed by atoms with van der Waals surface area (Å²) in [5.74, 6) is -0.0589. The molecule has 4 rings (SSSR count). The van der Waals surface area contributed by atoms with Gasteiger partial charge in [-0.15, -0.1) is 0 Å². The summed E-state index contributed by atoms with van der Waals surface area (Å²) in [4.78, 5) is 13.5. The zero-order chi connectivity index (χ0) is 16.5. The smallest absolute Gasteiger partial charge is 0.221 e. The number of hydrogen-bond acceptors (Lipinski definition) is 2. The minimum Gasteiger partial charge on any atom is -0.326 e. The van der Waals surface area contributed by atoms with Gasteiger partial charge in [0.2, 0.25) is 5.91 Å². The number of para-hydroxylation sites is 2. The van der Waals surface area contributed by atoms with E-state index in [1.54, 1.807) is 0 Å². The van der Waals surface area contributed by atoms with Crippen molar-refractivity contribution in [2.75, 3.05) is 10.2 Å². The topological polar surface area (TPSA) is 32.3 Å². The van der Waals surface area contributed by atoms with Crippen LogP contribution in [0.4, 0.5) is 22.7 Å². The second kappa shape index (κ2) is 5.85. The third-order valence-corrected chi connectivity index (χ3v) is 4.29. The van der Waals surface area contributed by atoms with Crippen LogP contribution in [-0.2, 0) is 11.2 Å². The van der Waals surface area contributed by atoms with Crippen molar-refractivity contribution in [3.63, 3.8) is 0 Å². The molecule has 0 saturated carbocycles. The van der Waals surface area contributed by atoms with E-state index in [0.29, 0.717) is 0 Å². The lowest BCUT2D eigenvalue weighted by atomic mass is 9.95. The van der Waals surface area contributed by atoms with Gasteiger partial charge in [-0.3, -0.25) is 4.79 Å². The summed E-state index contributed by atoms with van der Waals surface area (Å²) in [6.07, 6.45) is 0.951. The van der Waals surface area contributed by atoms with Crippen LogP contribution in [0.1, 0.15) is 18.1 Å². The summed E-state index contributed by atoms with van der Waals surface area (Å²) in [5, 5.41) is 2.82. The van der Waals surface area contributed by atoms with Crippen LogP contribution in [0.25, 0.3) is 0 Å². The van der Waals surface area contributed by atoms with Crippen LogP contribution in [0, 0.1) is 0 Å². The molecule has 3 nitrogen and oxygen atoms in total. The van der Waals surface area contributed by atoms with Crippen molar-refractivity contribution in [1.29, 1.82) is 0 Å². The SMILES string of the molecule is CC(=O)Nc1ccc(N2c3ccccc3Cc3ccccc32)cc1. The summed E-state index contributed by atoms with van der Waals surface area (Å²) >= 11 is 0. The highest BCUT2D eigenvalue weighted by Crippen LogP contribution is 2.43. The number of rotatable bonds is 2. The van der Waals surface area contributed by atoms with Crippen LogP contribution in [0.3, 0.4) is 0 Å². The van der Waals surface area contributed by atoms with Gasteiger partial charge < -0.3 is 10.2 Å². The number of anilines is 4. The van der Waals surface area contributed by atoms with E-state index in [1.807, 2.05) is 24.3 Å². The maximum atomic E-state index is 11.2. The molecule has 118 valence electrons. The fourth-order valence-corrected chi connectivity index (χ4v) is 3.27. The van der Waals surface area contributed by atoms with Gasteiger partial charge in [-0.05, 0) is 47.5 Å². The van der Waals surface area contributed by atoms with E-state index in [1.165, 1.54) is 29.4 Å². The number of hydrogen-bond donors (Lipinski definition) is 1. The first-order valence-corrected chi connectivity index (χ1v) is 8.06. The maximum Gasteiger partial charge on any atom is 0.221 e. The van der Waals surface area contributed by atoms with Crippen molar-refractivity contribution in [3.05, 3.63) is 83.9 Å². The first-order valence-electron chi connectivity index (χ1n) is 8.06. The highest BCUT2D eigenvalue weighted by atomic mass is 16.1. The van der Waals surface area contributed by atoms with Crippen molar-refractivity contribution >= 4 is 28.7 Å². The van der Waals surface area contributed by atoms with Crippen molar-refractivity contribution in [1.82, 2.24) is 0 Å². The second-order valence-electron chi connectivity index (χ2n) is 6.00. The summed E-state index contributed by atoms with van der Waals surface area (Å²) in [6.45, 7) is 1.52. The van der Waals surface area contributed by atoms with E-state index in [9.17, 15) is 4.79 Å². The Morgan fingerprint density at radius 3 is 1.92 bits per heavy atom. The maximum absolute atomic E-state index is 11.2. The molecule has 1 amide bonds. The van der Waals surface area contributed by atoms with Crippen molar-refractivity contribution in [3.8, 4) is 0 Å². The predicted octanol–water partition coefficient (Wildman–Crippen LogP) is 5.02. The Morgan fingerprint density at radius 1 is 0.833 bits per heavy atom. The Morgan fingerprint density at radius 2 is 1.38 bits per heavy atom. The Balaban J connectivity index is 1.81. The Kier molecular flexibility index (Phi) is 3.54. The molecule has 0 aromatic heterocycles. The Bertz CT molecular complexity index is 854. The van der Waals surface area contributed by atoms with E-state index >= 15 is 0 Å². The number of benzene rings is 3. The molecular weight excluding hydrogens is 296 g/mol. The Hall–Kier alpha value is -3.07. The molecule has 24 heavy (non-hydrogen) atoms. The number of nitrogens with zero attached hydrogens (tertiary/aromatic N) is 1. The first kappa shape index (κ1) is 14.5. The summed E-state index contributed by atoms with van der Waals surface area (Å²) in [6, 6.07) is 25.0. The van der Waals surface area contributed by atoms with Gasteiger partial charge in [0, 0.05) is 36.1 Å². The van der Waals surface area contributed by atoms with Crippen molar-refractivity contribution in [2.45, 2.75) is 13.3 Å². The third kappa shape index (κ3) is 2.54. The molecule has 0 fully saturated rings. The molecule has 3 heteroatoms. The van der Waals surface area contributed by atoms with Gasteiger partial charge in [-0.2, -0.15) is 0 Å². The van der Waals surface area contributed by atoms with Crippen molar-refractivity contribution < 1.29 is 4.79 Å². The molecule has 0 atom stereocenters. The van der Waals surface area contributed by atoms with E-state index in [4.69, 9.17) is 0 Å². The largest absolute Gasteiger partial charge is 0.326 e. The molecule has 3 aromatic rings. The molecular formula is C21H18N2O. The highest BCUT2D eigenvalue weighted by Gasteiger charge is 2.23. The Labute approximate surface area is 141 Å². The monoisotopic (exact) mass is 314 g/mol. The van der Waals surface area contributed by atoms with Crippen LogP contribution in [0.2, 0.25) is 0 Å². The fraction of sp³-hybridized carbons (Fsp3) is 0.0952.